The van der Waals surface area contributed by atoms with Gasteiger partial charge in [-0.2, -0.15) is 0 Å². The molecule has 1 aliphatic rings. The van der Waals surface area contributed by atoms with E-state index in [0.717, 1.165) is 12.8 Å². The monoisotopic (exact) mass is 290 g/mol. The molecule has 2 rings (SSSR count). The first-order valence-corrected chi connectivity index (χ1v) is 7.35. The van der Waals surface area contributed by atoms with Gasteiger partial charge in [0, 0.05) is 13.6 Å². The molecule has 1 aromatic carbocycles. The van der Waals surface area contributed by atoms with Crippen LogP contribution < -0.4 is 9.64 Å². The standard InChI is InChI=1S/C16H22N2O3/c1-4-5-10-17(3)15(19)11-18-13-8-6-7-9-14(13)21-12(2)16(18)20/h6-9,12H,4-5,10-11H2,1-3H3. The zero-order valence-corrected chi connectivity index (χ0v) is 12.8. The van der Waals surface area contributed by atoms with E-state index in [0.29, 0.717) is 18.0 Å². The summed E-state index contributed by atoms with van der Waals surface area (Å²) < 4.78 is 5.57. The van der Waals surface area contributed by atoms with Crippen molar-refractivity contribution in [3.63, 3.8) is 0 Å². The van der Waals surface area contributed by atoms with Crippen LogP contribution in [0.1, 0.15) is 26.7 Å². The Bertz CT molecular complexity index is 530. The summed E-state index contributed by atoms with van der Waals surface area (Å²) in [6.45, 7) is 4.56. The maximum Gasteiger partial charge on any atom is 0.268 e. The Labute approximate surface area is 125 Å². The van der Waals surface area contributed by atoms with Crippen molar-refractivity contribution in [3.8, 4) is 5.75 Å². The van der Waals surface area contributed by atoms with Gasteiger partial charge < -0.3 is 9.64 Å². The van der Waals surface area contributed by atoms with Gasteiger partial charge in [-0.25, -0.2) is 0 Å². The highest BCUT2D eigenvalue weighted by atomic mass is 16.5. The van der Waals surface area contributed by atoms with Crippen molar-refractivity contribution in [2.45, 2.75) is 32.8 Å². The number of ether oxygens (including phenoxy) is 1. The molecule has 21 heavy (non-hydrogen) atoms. The number of hydrogen-bond donors (Lipinski definition) is 0. The predicted molar refractivity (Wildman–Crippen MR) is 81.4 cm³/mol. The lowest BCUT2D eigenvalue weighted by molar-refractivity contribution is -0.132. The number of para-hydroxylation sites is 2. The Morgan fingerprint density at radius 1 is 1.38 bits per heavy atom. The number of hydrogen-bond acceptors (Lipinski definition) is 3. The molecule has 0 bridgehead atoms. The van der Waals surface area contributed by atoms with Crippen LogP contribution in [0.5, 0.6) is 5.75 Å². The molecule has 0 aliphatic carbocycles. The summed E-state index contributed by atoms with van der Waals surface area (Å²) in [6, 6.07) is 7.31. The minimum absolute atomic E-state index is 0.0549. The topological polar surface area (TPSA) is 49.9 Å². The van der Waals surface area contributed by atoms with Gasteiger partial charge in [-0.05, 0) is 25.5 Å². The van der Waals surface area contributed by atoms with Crippen molar-refractivity contribution in [3.05, 3.63) is 24.3 Å². The zero-order valence-electron chi connectivity index (χ0n) is 12.8. The maximum atomic E-state index is 12.3. The second-order valence-electron chi connectivity index (χ2n) is 5.32. The van der Waals surface area contributed by atoms with Crippen LogP contribution in [0, 0.1) is 0 Å². The third-order valence-corrected chi connectivity index (χ3v) is 3.64. The summed E-state index contributed by atoms with van der Waals surface area (Å²) in [5.41, 5.74) is 0.665. The zero-order chi connectivity index (χ0) is 15.4. The molecule has 5 heteroatoms. The normalized spacial score (nSPS) is 17.2. The van der Waals surface area contributed by atoms with Gasteiger partial charge in [0.1, 0.15) is 12.3 Å². The van der Waals surface area contributed by atoms with Crippen molar-refractivity contribution in [2.24, 2.45) is 0 Å². The quantitative estimate of drug-likeness (QED) is 0.834. The van der Waals surface area contributed by atoms with Crippen LogP contribution in [-0.4, -0.2) is 43.0 Å². The Balaban J connectivity index is 2.14. The molecule has 0 radical (unpaired) electrons. The molecular weight excluding hydrogens is 268 g/mol. The smallest absolute Gasteiger partial charge is 0.268 e. The van der Waals surface area contributed by atoms with Gasteiger partial charge in [0.2, 0.25) is 5.91 Å². The number of carbonyl (C=O) groups is 2. The number of anilines is 1. The molecule has 1 aromatic rings. The molecule has 0 aromatic heterocycles. The molecular formula is C16H22N2O3. The molecule has 0 fully saturated rings. The van der Waals surface area contributed by atoms with Crippen LogP contribution in [0.3, 0.4) is 0 Å². The summed E-state index contributed by atoms with van der Waals surface area (Å²) >= 11 is 0. The van der Waals surface area contributed by atoms with Gasteiger partial charge in [-0.3, -0.25) is 14.5 Å². The molecule has 0 saturated heterocycles. The lowest BCUT2D eigenvalue weighted by atomic mass is 10.2. The highest BCUT2D eigenvalue weighted by Gasteiger charge is 2.32. The number of unbranched alkanes of at least 4 members (excludes halogenated alkanes) is 1. The third-order valence-electron chi connectivity index (χ3n) is 3.64. The molecule has 1 aliphatic heterocycles. The van der Waals surface area contributed by atoms with E-state index < -0.39 is 6.10 Å². The predicted octanol–water partition coefficient (Wildman–Crippen LogP) is 2.06. The Morgan fingerprint density at radius 2 is 2.10 bits per heavy atom. The van der Waals surface area contributed by atoms with Crippen molar-refractivity contribution in [1.82, 2.24) is 4.90 Å². The molecule has 2 amide bonds. The van der Waals surface area contributed by atoms with Crippen LogP contribution in [-0.2, 0) is 9.59 Å². The lowest BCUT2D eigenvalue weighted by Gasteiger charge is -2.33. The van der Waals surface area contributed by atoms with Crippen molar-refractivity contribution < 1.29 is 14.3 Å². The molecule has 0 N–H and O–H groups in total. The molecule has 0 spiro atoms. The minimum atomic E-state index is -0.561. The molecule has 5 nitrogen and oxygen atoms in total. The number of amides is 2. The van der Waals surface area contributed by atoms with E-state index >= 15 is 0 Å². The fourth-order valence-corrected chi connectivity index (χ4v) is 2.30. The summed E-state index contributed by atoms with van der Waals surface area (Å²) in [5, 5.41) is 0. The number of likely N-dealkylation sites (N-methyl/N-ethyl adjacent to an activating group) is 1. The van der Waals surface area contributed by atoms with E-state index in [1.165, 1.54) is 4.90 Å². The molecule has 1 atom stereocenters. The van der Waals surface area contributed by atoms with Crippen molar-refractivity contribution in [1.29, 1.82) is 0 Å². The third kappa shape index (κ3) is 3.35. The summed E-state index contributed by atoms with van der Waals surface area (Å²) in [5.74, 6) is 0.417. The van der Waals surface area contributed by atoms with E-state index in [1.807, 2.05) is 18.2 Å². The van der Waals surface area contributed by atoms with E-state index in [9.17, 15) is 9.59 Å². The highest BCUT2D eigenvalue weighted by molar-refractivity contribution is 6.03. The first-order valence-electron chi connectivity index (χ1n) is 7.35. The van der Waals surface area contributed by atoms with Crippen LogP contribution in [0.4, 0.5) is 5.69 Å². The van der Waals surface area contributed by atoms with Crippen molar-refractivity contribution >= 4 is 17.5 Å². The van der Waals surface area contributed by atoms with E-state index in [4.69, 9.17) is 4.74 Å². The highest BCUT2D eigenvalue weighted by Crippen LogP contribution is 2.33. The molecule has 114 valence electrons. The largest absolute Gasteiger partial charge is 0.479 e. The Hall–Kier alpha value is -2.04. The fourth-order valence-electron chi connectivity index (χ4n) is 2.30. The van der Waals surface area contributed by atoms with E-state index in [2.05, 4.69) is 6.92 Å². The second-order valence-corrected chi connectivity index (χ2v) is 5.32. The molecule has 0 saturated carbocycles. The van der Waals surface area contributed by atoms with E-state index in [1.54, 1.807) is 24.9 Å². The summed E-state index contributed by atoms with van der Waals surface area (Å²) in [4.78, 5) is 27.8. The summed E-state index contributed by atoms with van der Waals surface area (Å²) in [6.07, 6.45) is 1.44. The van der Waals surface area contributed by atoms with Crippen LogP contribution >= 0.6 is 0 Å². The number of rotatable bonds is 5. The average molecular weight is 290 g/mol. The number of nitrogens with zero attached hydrogens (tertiary/aromatic N) is 2. The lowest BCUT2D eigenvalue weighted by Crippen LogP contribution is -2.49. The van der Waals surface area contributed by atoms with Gasteiger partial charge in [-0.1, -0.05) is 25.5 Å². The fraction of sp³-hybridized carbons (Fsp3) is 0.500. The maximum absolute atomic E-state index is 12.3. The number of benzene rings is 1. The Morgan fingerprint density at radius 3 is 2.81 bits per heavy atom. The van der Waals surface area contributed by atoms with Crippen LogP contribution in [0.2, 0.25) is 0 Å². The van der Waals surface area contributed by atoms with Crippen LogP contribution in [0.25, 0.3) is 0 Å². The Kier molecular flexibility index (Phi) is 4.83. The van der Waals surface area contributed by atoms with Crippen molar-refractivity contribution in [2.75, 3.05) is 25.0 Å². The van der Waals surface area contributed by atoms with Crippen LogP contribution in [0.15, 0.2) is 24.3 Å². The molecule has 1 heterocycles. The van der Waals surface area contributed by atoms with Gasteiger partial charge in [0.25, 0.3) is 5.91 Å². The number of carbonyl (C=O) groups excluding carboxylic acids is 2. The van der Waals surface area contributed by atoms with Gasteiger partial charge in [-0.15, -0.1) is 0 Å². The number of fused-ring (bicyclic) bond motifs is 1. The van der Waals surface area contributed by atoms with E-state index in [-0.39, 0.29) is 18.4 Å². The first-order chi connectivity index (χ1) is 10.0. The molecule has 1 unspecified atom stereocenters. The summed E-state index contributed by atoms with van der Waals surface area (Å²) in [7, 11) is 1.78. The van der Waals surface area contributed by atoms with Gasteiger partial charge in [0.15, 0.2) is 6.10 Å². The SMILES string of the molecule is CCCCN(C)C(=O)CN1C(=O)C(C)Oc2ccccc21. The van der Waals surface area contributed by atoms with Gasteiger partial charge in [0.05, 0.1) is 5.69 Å². The van der Waals surface area contributed by atoms with Gasteiger partial charge >= 0.3 is 0 Å². The average Bonchev–Trinajstić information content (AvgIpc) is 2.49. The first kappa shape index (κ1) is 15.4. The second kappa shape index (κ2) is 6.61. The minimum Gasteiger partial charge on any atom is -0.479 e.